The molecule has 4 aliphatic heterocycles. The molecule has 7 rings (SSSR count). The maximum Gasteiger partial charge on any atom is 0.277 e. The van der Waals surface area contributed by atoms with Crippen molar-refractivity contribution in [3.8, 4) is 0 Å². The summed E-state index contributed by atoms with van der Waals surface area (Å²) in [6.07, 6.45) is 2.05. The smallest absolute Gasteiger partial charge is 0.277 e. The largest absolute Gasteiger partial charge is 0.354 e. The fourth-order valence-electron chi connectivity index (χ4n) is 5.78. The maximum absolute atomic E-state index is 13.2. The summed E-state index contributed by atoms with van der Waals surface area (Å²) in [6, 6.07) is 21.5. The number of piperidine rings is 1. The minimum atomic E-state index is -0.253. The van der Waals surface area contributed by atoms with E-state index < -0.39 is 0 Å². The number of carbonyl (C=O) groups is 3. The van der Waals surface area contributed by atoms with Crippen molar-refractivity contribution < 1.29 is 19.2 Å². The summed E-state index contributed by atoms with van der Waals surface area (Å²) in [5, 5.41) is 11.1. The number of hydroxylamine groups is 2. The first kappa shape index (κ1) is 26.9. The number of fused-ring (bicyclic) bond motifs is 3. The number of aldehydes is 1. The van der Waals surface area contributed by atoms with Crippen molar-refractivity contribution in [1.29, 1.82) is 0 Å². The standard InChI is InChI=1S/C32H33N5O4/c1-20-14-27-28(15-23(20)19-38)35-31(39)29(27)30(21-6-4-3-5-7-21)34-24-10-8-22(9-11-24)32(40)36(2)41-13-12-37-17-25-16-26(18-37)33-25/h3-11,14-15,19,25-26,33-34H,12-13,16-18H2,1-2H3,(H,35,39)/b30-29-. The van der Waals surface area contributed by atoms with Crippen LogP contribution in [0.1, 0.15) is 43.8 Å². The lowest BCUT2D eigenvalue weighted by atomic mass is 9.91. The van der Waals surface area contributed by atoms with Crippen LogP contribution in [0.5, 0.6) is 0 Å². The van der Waals surface area contributed by atoms with Crippen LogP contribution in [-0.2, 0) is 9.63 Å². The van der Waals surface area contributed by atoms with Crippen LogP contribution in [0, 0.1) is 6.92 Å². The van der Waals surface area contributed by atoms with E-state index >= 15 is 0 Å². The first-order valence-electron chi connectivity index (χ1n) is 13.9. The second-order valence-electron chi connectivity index (χ2n) is 10.8. The molecule has 210 valence electrons. The number of aryl methyl sites for hydroxylation is 1. The number of anilines is 2. The number of carbonyl (C=O) groups excluding carboxylic acids is 3. The van der Waals surface area contributed by atoms with Gasteiger partial charge in [0, 0.05) is 66.8 Å². The molecule has 41 heavy (non-hydrogen) atoms. The third-order valence-electron chi connectivity index (χ3n) is 7.97. The van der Waals surface area contributed by atoms with Crippen molar-refractivity contribution in [3.63, 3.8) is 0 Å². The van der Waals surface area contributed by atoms with E-state index in [2.05, 4.69) is 20.9 Å². The van der Waals surface area contributed by atoms with Crippen LogP contribution in [0.25, 0.3) is 11.3 Å². The second-order valence-corrected chi connectivity index (χ2v) is 10.8. The van der Waals surface area contributed by atoms with Crippen LogP contribution in [0.15, 0.2) is 66.7 Å². The Hall–Kier alpha value is -4.31. The highest BCUT2D eigenvalue weighted by Gasteiger charge is 2.36. The van der Waals surface area contributed by atoms with Crippen molar-refractivity contribution >= 4 is 40.7 Å². The van der Waals surface area contributed by atoms with Crippen LogP contribution >= 0.6 is 0 Å². The first-order valence-corrected chi connectivity index (χ1v) is 13.9. The van der Waals surface area contributed by atoms with E-state index in [1.165, 1.54) is 11.5 Å². The lowest BCUT2D eigenvalue weighted by Gasteiger charge is -2.48. The predicted molar refractivity (Wildman–Crippen MR) is 158 cm³/mol. The molecule has 9 heteroatoms. The molecule has 4 heterocycles. The Morgan fingerprint density at radius 1 is 1.07 bits per heavy atom. The number of benzene rings is 3. The van der Waals surface area contributed by atoms with Crippen LogP contribution in [0.3, 0.4) is 0 Å². The van der Waals surface area contributed by atoms with Gasteiger partial charge in [0.2, 0.25) is 0 Å². The number of rotatable bonds is 9. The van der Waals surface area contributed by atoms with E-state index in [0.717, 1.165) is 48.3 Å². The van der Waals surface area contributed by atoms with Gasteiger partial charge in [-0.05, 0) is 60.9 Å². The van der Waals surface area contributed by atoms with Gasteiger partial charge in [-0.15, -0.1) is 0 Å². The highest BCUT2D eigenvalue weighted by atomic mass is 16.7. The van der Waals surface area contributed by atoms with Gasteiger partial charge in [0.05, 0.1) is 17.9 Å². The third kappa shape index (κ3) is 5.52. The van der Waals surface area contributed by atoms with Crippen molar-refractivity contribution in [2.75, 3.05) is 43.9 Å². The summed E-state index contributed by atoms with van der Waals surface area (Å²) in [4.78, 5) is 45.8. The minimum Gasteiger partial charge on any atom is -0.354 e. The van der Waals surface area contributed by atoms with Gasteiger partial charge in [0.1, 0.15) is 6.29 Å². The second kappa shape index (κ2) is 11.3. The molecular formula is C32H33N5O4. The third-order valence-corrected chi connectivity index (χ3v) is 7.97. The molecule has 2 bridgehead atoms. The van der Waals surface area contributed by atoms with E-state index in [1.54, 1.807) is 25.2 Å². The normalized spacial score (nSPS) is 20.5. The van der Waals surface area contributed by atoms with Gasteiger partial charge in [-0.25, -0.2) is 5.06 Å². The molecule has 2 amide bonds. The summed E-state index contributed by atoms with van der Waals surface area (Å²) in [5.74, 6) is -0.482. The van der Waals surface area contributed by atoms with E-state index in [4.69, 9.17) is 4.84 Å². The van der Waals surface area contributed by atoms with Gasteiger partial charge < -0.3 is 16.0 Å². The topological polar surface area (TPSA) is 103 Å². The Morgan fingerprint density at radius 2 is 1.78 bits per heavy atom. The SMILES string of the molecule is Cc1cc2c(cc1C=O)NC(=O)/C2=C(\Nc1ccc(C(=O)N(C)OCCN2CC3CC(C2)N3)cc1)c1ccccc1. The minimum absolute atomic E-state index is 0.230. The molecule has 4 aliphatic rings. The molecule has 2 unspecified atom stereocenters. The molecule has 3 N–H and O–H groups in total. The Balaban J connectivity index is 1.18. The maximum atomic E-state index is 13.2. The van der Waals surface area contributed by atoms with E-state index in [1.807, 2.05) is 55.5 Å². The van der Waals surface area contributed by atoms with Gasteiger partial charge in [0.25, 0.3) is 11.8 Å². The van der Waals surface area contributed by atoms with Gasteiger partial charge in [-0.3, -0.25) is 24.1 Å². The summed E-state index contributed by atoms with van der Waals surface area (Å²) in [6.45, 7) is 5.15. The lowest BCUT2D eigenvalue weighted by molar-refractivity contribution is -0.113. The summed E-state index contributed by atoms with van der Waals surface area (Å²) in [5.41, 5.74) is 5.82. The first-order chi connectivity index (χ1) is 19.9. The number of hydrogen-bond acceptors (Lipinski definition) is 7. The van der Waals surface area contributed by atoms with Crippen molar-refractivity contribution in [3.05, 3.63) is 94.5 Å². The van der Waals surface area contributed by atoms with Crippen LogP contribution < -0.4 is 16.0 Å². The highest BCUT2D eigenvalue weighted by Crippen LogP contribution is 2.39. The average molecular weight is 552 g/mol. The Labute approximate surface area is 239 Å². The van der Waals surface area contributed by atoms with Crippen molar-refractivity contribution in [2.24, 2.45) is 0 Å². The molecule has 9 nitrogen and oxygen atoms in total. The molecule has 3 aromatic carbocycles. The molecule has 0 aliphatic carbocycles. The molecule has 0 saturated carbocycles. The van der Waals surface area contributed by atoms with E-state index in [9.17, 15) is 14.4 Å². The monoisotopic (exact) mass is 551 g/mol. The summed E-state index contributed by atoms with van der Waals surface area (Å²) < 4.78 is 0. The predicted octanol–water partition coefficient (Wildman–Crippen LogP) is 3.79. The number of amides is 2. The average Bonchev–Trinajstić information content (AvgIpc) is 3.29. The van der Waals surface area contributed by atoms with Crippen molar-refractivity contribution in [1.82, 2.24) is 15.3 Å². The van der Waals surface area contributed by atoms with E-state index in [0.29, 0.717) is 46.8 Å². The lowest BCUT2D eigenvalue weighted by Crippen LogP contribution is -2.67. The zero-order valence-electron chi connectivity index (χ0n) is 23.1. The van der Waals surface area contributed by atoms with Gasteiger partial charge >= 0.3 is 0 Å². The van der Waals surface area contributed by atoms with Crippen LogP contribution in [0.4, 0.5) is 11.4 Å². The van der Waals surface area contributed by atoms with Gasteiger partial charge in [-0.1, -0.05) is 30.3 Å². The molecule has 3 saturated heterocycles. The Kier molecular flexibility index (Phi) is 7.40. The zero-order valence-corrected chi connectivity index (χ0v) is 23.1. The van der Waals surface area contributed by atoms with Crippen molar-refractivity contribution in [2.45, 2.75) is 25.4 Å². The fourth-order valence-corrected chi connectivity index (χ4v) is 5.78. The number of hydrogen-bond donors (Lipinski definition) is 3. The molecule has 0 aromatic heterocycles. The fraction of sp³-hybridized carbons (Fsp3) is 0.281. The molecule has 3 aromatic rings. The van der Waals surface area contributed by atoms with Gasteiger partial charge in [-0.2, -0.15) is 0 Å². The van der Waals surface area contributed by atoms with Crippen LogP contribution in [-0.4, -0.2) is 73.4 Å². The summed E-state index contributed by atoms with van der Waals surface area (Å²) >= 11 is 0. The molecule has 2 atom stereocenters. The number of nitrogens with zero attached hydrogens (tertiary/aromatic N) is 2. The number of piperazine rings is 1. The van der Waals surface area contributed by atoms with E-state index in [-0.39, 0.29) is 11.8 Å². The molecule has 0 spiro atoms. The zero-order chi connectivity index (χ0) is 28.5. The molecular weight excluding hydrogens is 518 g/mol. The highest BCUT2D eigenvalue weighted by molar-refractivity contribution is 6.37. The number of nitrogens with one attached hydrogen (secondary N) is 3. The quantitative estimate of drug-likeness (QED) is 0.211. The summed E-state index contributed by atoms with van der Waals surface area (Å²) in [7, 11) is 1.63. The molecule has 0 radical (unpaired) electrons. The molecule has 3 fully saturated rings. The van der Waals surface area contributed by atoms with Crippen LogP contribution in [0.2, 0.25) is 0 Å². The Bertz CT molecular complexity index is 1500. The van der Waals surface area contributed by atoms with Gasteiger partial charge in [0.15, 0.2) is 0 Å². The Morgan fingerprint density at radius 3 is 2.46 bits per heavy atom.